The maximum Gasteiger partial charge on any atom is 0.160 e. The molecule has 0 saturated carbocycles. The molecule has 0 aliphatic rings. The number of rotatable bonds is 2. The summed E-state index contributed by atoms with van der Waals surface area (Å²) in [7, 11) is 0. The lowest BCUT2D eigenvalue weighted by atomic mass is 9.91. The first kappa shape index (κ1) is 15.3. The number of benzene rings is 1. The van der Waals surface area contributed by atoms with Crippen molar-refractivity contribution in [3.63, 3.8) is 0 Å². The van der Waals surface area contributed by atoms with Crippen molar-refractivity contribution in [2.45, 2.75) is 33.1 Å². The predicted molar refractivity (Wildman–Crippen MR) is 88.4 cm³/mol. The number of nitrogens with zero attached hydrogens (tertiary/aromatic N) is 3. The highest BCUT2D eigenvalue weighted by molar-refractivity contribution is 5.62. The number of aryl methyl sites for hydroxylation is 1. The zero-order valence-corrected chi connectivity index (χ0v) is 13.7. The topological polar surface area (TPSA) is 54.5 Å². The van der Waals surface area contributed by atoms with Gasteiger partial charge in [-0.2, -0.15) is 5.10 Å². The van der Waals surface area contributed by atoms with E-state index in [-0.39, 0.29) is 11.2 Å². The van der Waals surface area contributed by atoms with E-state index >= 15 is 0 Å². The number of hydrogen-bond acceptors (Lipinski definition) is 3. The first-order valence-electron chi connectivity index (χ1n) is 7.51. The van der Waals surface area contributed by atoms with Crippen LogP contribution in [0.4, 0.5) is 4.39 Å². The predicted octanol–water partition coefficient (Wildman–Crippen LogP) is 4.28. The molecule has 4 nitrogen and oxygen atoms in total. The van der Waals surface area contributed by atoms with Crippen molar-refractivity contribution in [2.24, 2.45) is 0 Å². The monoisotopic (exact) mass is 310 g/mol. The molecule has 0 aliphatic heterocycles. The molecule has 2 aromatic heterocycles. The van der Waals surface area contributed by atoms with Crippen LogP contribution in [0.5, 0.6) is 0 Å². The lowest BCUT2D eigenvalue weighted by molar-refractivity contribution is 0.568. The third kappa shape index (κ3) is 3.28. The van der Waals surface area contributed by atoms with Gasteiger partial charge in [0.25, 0.3) is 0 Å². The van der Waals surface area contributed by atoms with Crippen LogP contribution in [-0.4, -0.2) is 20.2 Å². The summed E-state index contributed by atoms with van der Waals surface area (Å²) in [5.41, 5.74) is 4.08. The van der Waals surface area contributed by atoms with Gasteiger partial charge in [0.05, 0.1) is 11.4 Å². The first-order valence-corrected chi connectivity index (χ1v) is 7.51. The molecule has 0 unspecified atom stereocenters. The van der Waals surface area contributed by atoms with E-state index in [1.165, 1.54) is 12.1 Å². The minimum atomic E-state index is -0.274. The minimum absolute atomic E-state index is 0.127. The Bertz CT molecular complexity index is 829. The largest absolute Gasteiger partial charge is 0.282 e. The Balaban J connectivity index is 2.17. The third-order valence-electron chi connectivity index (χ3n) is 3.57. The molecule has 1 aromatic carbocycles. The highest BCUT2D eigenvalue weighted by Crippen LogP contribution is 2.27. The van der Waals surface area contributed by atoms with Gasteiger partial charge in [0.1, 0.15) is 11.5 Å². The van der Waals surface area contributed by atoms with Crippen molar-refractivity contribution < 1.29 is 4.39 Å². The number of hydrogen-bond donors (Lipinski definition) is 1. The van der Waals surface area contributed by atoms with Crippen LogP contribution in [0, 0.1) is 12.7 Å². The van der Waals surface area contributed by atoms with E-state index in [0.717, 1.165) is 28.3 Å². The zero-order valence-electron chi connectivity index (χ0n) is 13.7. The fraction of sp³-hybridized carbons (Fsp3) is 0.278. The van der Waals surface area contributed by atoms with Crippen LogP contribution < -0.4 is 0 Å². The maximum absolute atomic E-state index is 13.2. The summed E-state index contributed by atoms with van der Waals surface area (Å²) in [5, 5.41) is 7.21. The Labute approximate surface area is 134 Å². The molecular weight excluding hydrogens is 291 g/mol. The summed E-state index contributed by atoms with van der Waals surface area (Å²) < 4.78 is 13.2. The standard InChI is InChI=1S/C18H19FN4/c1-11-9-15(23-22-11)14-10-16(18(2,3)4)21-17(20-14)12-5-7-13(19)8-6-12/h5-10H,1-4H3,(H,22,23). The third-order valence-corrected chi connectivity index (χ3v) is 3.57. The van der Waals surface area contributed by atoms with Gasteiger partial charge in [0.15, 0.2) is 5.82 Å². The second-order valence-corrected chi connectivity index (χ2v) is 6.66. The van der Waals surface area contributed by atoms with Gasteiger partial charge in [0.2, 0.25) is 0 Å². The van der Waals surface area contributed by atoms with Crippen molar-refractivity contribution in [1.29, 1.82) is 0 Å². The normalized spacial score (nSPS) is 11.7. The number of halogens is 1. The quantitative estimate of drug-likeness (QED) is 0.768. The van der Waals surface area contributed by atoms with Gasteiger partial charge in [-0.15, -0.1) is 0 Å². The van der Waals surface area contributed by atoms with Crippen LogP contribution in [0.15, 0.2) is 36.4 Å². The summed E-state index contributed by atoms with van der Waals surface area (Å²) in [6.45, 7) is 8.25. The van der Waals surface area contributed by atoms with E-state index < -0.39 is 0 Å². The Kier molecular flexibility index (Phi) is 3.72. The van der Waals surface area contributed by atoms with E-state index in [4.69, 9.17) is 0 Å². The van der Waals surface area contributed by atoms with Crippen molar-refractivity contribution in [3.8, 4) is 22.8 Å². The van der Waals surface area contributed by atoms with E-state index in [9.17, 15) is 4.39 Å². The summed E-state index contributed by atoms with van der Waals surface area (Å²) in [6.07, 6.45) is 0. The number of aromatic nitrogens is 4. The number of aromatic amines is 1. The summed E-state index contributed by atoms with van der Waals surface area (Å²) in [6, 6.07) is 10.1. The molecule has 0 fully saturated rings. The molecule has 3 aromatic rings. The molecular formula is C18H19FN4. The fourth-order valence-corrected chi connectivity index (χ4v) is 2.24. The van der Waals surface area contributed by atoms with E-state index in [1.54, 1.807) is 12.1 Å². The van der Waals surface area contributed by atoms with E-state index in [0.29, 0.717) is 5.82 Å². The summed E-state index contributed by atoms with van der Waals surface area (Å²) in [5.74, 6) is 0.303. The zero-order chi connectivity index (χ0) is 16.6. The molecule has 0 spiro atoms. The van der Waals surface area contributed by atoms with Gasteiger partial charge in [-0.05, 0) is 43.3 Å². The van der Waals surface area contributed by atoms with Crippen LogP contribution in [0.3, 0.4) is 0 Å². The lowest BCUT2D eigenvalue weighted by Gasteiger charge is -2.19. The molecule has 1 N–H and O–H groups in total. The number of nitrogens with one attached hydrogen (secondary N) is 1. The molecule has 0 radical (unpaired) electrons. The van der Waals surface area contributed by atoms with E-state index in [2.05, 4.69) is 40.9 Å². The Morgan fingerprint density at radius 1 is 0.957 bits per heavy atom. The van der Waals surface area contributed by atoms with Crippen LogP contribution in [0.1, 0.15) is 32.2 Å². The average molecular weight is 310 g/mol. The Hall–Kier alpha value is -2.56. The van der Waals surface area contributed by atoms with Crippen molar-refractivity contribution in [2.75, 3.05) is 0 Å². The molecule has 5 heteroatoms. The molecule has 0 saturated heterocycles. The Morgan fingerprint density at radius 2 is 1.65 bits per heavy atom. The number of H-pyrrole nitrogens is 1. The van der Waals surface area contributed by atoms with Crippen LogP contribution >= 0.6 is 0 Å². The fourth-order valence-electron chi connectivity index (χ4n) is 2.24. The SMILES string of the molecule is Cc1cc(-c2cc(C(C)(C)C)nc(-c3ccc(F)cc3)n2)n[nH]1. The van der Waals surface area contributed by atoms with Gasteiger partial charge in [-0.1, -0.05) is 20.8 Å². The van der Waals surface area contributed by atoms with Crippen molar-refractivity contribution >= 4 is 0 Å². The van der Waals surface area contributed by atoms with Gasteiger partial charge in [0, 0.05) is 16.7 Å². The van der Waals surface area contributed by atoms with Gasteiger partial charge >= 0.3 is 0 Å². The maximum atomic E-state index is 13.2. The highest BCUT2D eigenvalue weighted by atomic mass is 19.1. The van der Waals surface area contributed by atoms with E-state index in [1.807, 2.05) is 19.1 Å². The van der Waals surface area contributed by atoms with Gasteiger partial charge in [-0.25, -0.2) is 14.4 Å². The molecule has 0 amide bonds. The lowest BCUT2D eigenvalue weighted by Crippen LogP contribution is -2.15. The smallest absolute Gasteiger partial charge is 0.160 e. The second kappa shape index (κ2) is 5.57. The highest BCUT2D eigenvalue weighted by Gasteiger charge is 2.19. The van der Waals surface area contributed by atoms with Crippen LogP contribution in [-0.2, 0) is 5.41 Å². The first-order chi connectivity index (χ1) is 10.8. The molecule has 23 heavy (non-hydrogen) atoms. The molecule has 3 rings (SSSR count). The molecule has 0 aliphatic carbocycles. The molecule has 2 heterocycles. The van der Waals surface area contributed by atoms with Crippen molar-refractivity contribution in [1.82, 2.24) is 20.2 Å². The Morgan fingerprint density at radius 3 is 2.22 bits per heavy atom. The summed E-state index contributed by atoms with van der Waals surface area (Å²) in [4.78, 5) is 9.28. The van der Waals surface area contributed by atoms with Gasteiger partial charge < -0.3 is 0 Å². The van der Waals surface area contributed by atoms with Crippen LogP contribution in [0.2, 0.25) is 0 Å². The average Bonchev–Trinajstić information content (AvgIpc) is 2.93. The van der Waals surface area contributed by atoms with Crippen molar-refractivity contribution in [3.05, 3.63) is 53.6 Å². The molecule has 118 valence electrons. The second-order valence-electron chi connectivity index (χ2n) is 6.66. The molecule has 0 bridgehead atoms. The minimum Gasteiger partial charge on any atom is -0.282 e. The summed E-state index contributed by atoms with van der Waals surface area (Å²) >= 11 is 0. The van der Waals surface area contributed by atoms with Gasteiger partial charge in [-0.3, -0.25) is 5.10 Å². The van der Waals surface area contributed by atoms with Crippen LogP contribution in [0.25, 0.3) is 22.8 Å². The molecule has 0 atom stereocenters.